The molecule has 1 atom stereocenters. The van der Waals surface area contributed by atoms with Crippen molar-refractivity contribution in [3.05, 3.63) is 75.5 Å². The van der Waals surface area contributed by atoms with Crippen molar-refractivity contribution < 1.29 is 9.21 Å². The van der Waals surface area contributed by atoms with E-state index in [1.54, 1.807) is 0 Å². The molecular weight excluding hydrogens is 392 g/mol. The lowest BCUT2D eigenvalue weighted by atomic mass is 10.0. The molecular formula is C24H24N4O3. The van der Waals surface area contributed by atoms with Crippen LogP contribution in [0, 0.1) is 13.8 Å². The Kier molecular flexibility index (Phi) is 4.81. The average molecular weight is 416 g/mol. The van der Waals surface area contributed by atoms with Crippen LogP contribution >= 0.6 is 0 Å². The first kappa shape index (κ1) is 19.5. The van der Waals surface area contributed by atoms with Crippen molar-refractivity contribution in [2.24, 2.45) is 0 Å². The third kappa shape index (κ3) is 3.40. The van der Waals surface area contributed by atoms with Gasteiger partial charge >= 0.3 is 5.63 Å². The summed E-state index contributed by atoms with van der Waals surface area (Å²) in [6, 6.07) is 11.5. The number of hydrogen-bond acceptors (Lipinski definition) is 5. The molecule has 0 bridgehead atoms. The zero-order valence-electron chi connectivity index (χ0n) is 17.7. The maximum Gasteiger partial charge on any atom is 0.339 e. The first-order valence-corrected chi connectivity index (χ1v) is 10.6. The Labute approximate surface area is 179 Å². The van der Waals surface area contributed by atoms with E-state index in [-0.39, 0.29) is 24.0 Å². The number of carbonyl (C=O) groups is 1. The number of hydrogen-bond donors (Lipinski definition) is 0. The van der Waals surface area contributed by atoms with Crippen molar-refractivity contribution in [1.29, 1.82) is 0 Å². The van der Waals surface area contributed by atoms with Crippen molar-refractivity contribution in [2.75, 3.05) is 6.54 Å². The predicted octanol–water partition coefficient (Wildman–Crippen LogP) is 3.75. The SMILES string of the molecule is Cc1ccc2c(C)c(CCC(=O)N3CCC[C@@H]3c3nnc4ccccn34)c(=O)oc2c1. The Balaban J connectivity index is 1.38. The highest BCUT2D eigenvalue weighted by atomic mass is 16.4. The van der Waals surface area contributed by atoms with Crippen molar-refractivity contribution in [2.45, 2.75) is 45.6 Å². The first-order chi connectivity index (χ1) is 15.0. The van der Waals surface area contributed by atoms with Gasteiger partial charge in [0.25, 0.3) is 0 Å². The predicted molar refractivity (Wildman–Crippen MR) is 117 cm³/mol. The molecule has 1 fully saturated rings. The number of benzene rings is 1. The molecule has 5 rings (SSSR count). The summed E-state index contributed by atoms with van der Waals surface area (Å²) in [7, 11) is 0. The lowest BCUT2D eigenvalue weighted by Gasteiger charge is -2.23. The summed E-state index contributed by atoms with van der Waals surface area (Å²) < 4.78 is 7.48. The van der Waals surface area contributed by atoms with Crippen molar-refractivity contribution in [3.63, 3.8) is 0 Å². The third-order valence-electron chi connectivity index (χ3n) is 6.24. The summed E-state index contributed by atoms with van der Waals surface area (Å²) in [5.41, 5.74) is 3.52. The third-order valence-corrected chi connectivity index (χ3v) is 6.24. The van der Waals surface area contributed by atoms with E-state index in [9.17, 15) is 9.59 Å². The normalized spacial score (nSPS) is 16.5. The van der Waals surface area contributed by atoms with Gasteiger partial charge in [0.05, 0.1) is 6.04 Å². The molecule has 4 heterocycles. The number of nitrogens with zero attached hydrogens (tertiary/aromatic N) is 4. The second-order valence-corrected chi connectivity index (χ2v) is 8.22. The topological polar surface area (TPSA) is 80.7 Å². The maximum atomic E-state index is 13.1. The Morgan fingerprint density at radius 2 is 2.06 bits per heavy atom. The molecule has 0 radical (unpaired) electrons. The van der Waals surface area contributed by atoms with Crippen LogP contribution in [0.25, 0.3) is 16.6 Å². The monoisotopic (exact) mass is 416 g/mol. The van der Waals surface area contributed by atoms with Gasteiger partial charge in [0, 0.05) is 30.1 Å². The van der Waals surface area contributed by atoms with Crippen LogP contribution in [0.4, 0.5) is 0 Å². The van der Waals surface area contributed by atoms with Gasteiger partial charge in [0.1, 0.15) is 5.58 Å². The minimum absolute atomic E-state index is 0.0259. The van der Waals surface area contributed by atoms with E-state index in [2.05, 4.69) is 10.2 Å². The molecule has 1 amide bonds. The molecule has 1 aliphatic heterocycles. The number of pyridine rings is 1. The lowest BCUT2D eigenvalue weighted by molar-refractivity contribution is -0.132. The number of rotatable bonds is 4. The molecule has 0 spiro atoms. The van der Waals surface area contributed by atoms with Crippen LogP contribution < -0.4 is 5.63 Å². The van der Waals surface area contributed by atoms with E-state index in [0.717, 1.165) is 40.8 Å². The van der Waals surface area contributed by atoms with E-state index in [4.69, 9.17) is 4.42 Å². The zero-order valence-corrected chi connectivity index (χ0v) is 17.7. The Bertz CT molecular complexity index is 1350. The van der Waals surface area contributed by atoms with Crippen LogP contribution in [0.15, 0.2) is 51.8 Å². The Morgan fingerprint density at radius 1 is 1.19 bits per heavy atom. The molecule has 3 aromatic heterocycles. The molecule has 158 valence electrons. The fourth-order valence-corrected chi connectivity index (χ4v) is 4.59. The molecule has 0 unspecified atom stereocenters. The molecule has 4 aromatic rings. The van der Waals surface area contributed by atoms with Gasteiger partial charge in [-0.05, 0) is 62.4 Å². The van der Waals surface area contributed by atoms with E-state index >= 15 is 0 Å². The van der Waals surface area contributed by atoms with Gasteiger partial charge in [-0.1, -0.05) is 18.2 Å². The van der Waals surface area contributed by atoms with Crippen LogP contribution in [-0.4, -0.2) is 31.9 Å². The average Bonchev–Trinajstić information content (AvgIpc) is 3.40. The maximum absolute atomic E-state index is 13.1. The van der Waals surface area contributed by atoms with Gasteiger partial charge in [-0.25, -0.2) is 4.79 Å². The van der Waals surface area contributed by atoms with Gasteiger partial charge in [0.15, 0.2) is 11.5 Å². The van der Waals surface area contributed by atoms with Gasteiger partial charge < -0.3 is 9.32 Å². The number of aromatic nitrogens is 3. The van der Waals surface area contributed by atoms with Crippen LogP contribution in [-0.2, 0) is 11.2 Å². The second kappa shape index (κ2) is 7.65. The second-order valence-electron chi connectivity index (χ2n) is 8.22. The molecule has 7 heteroatoms. The van der Waals surface area contributed by atoms with Crippen molar-refractivity contribution in [1.82, 2.24) is 19.5 Å². The number of fused-ring (bicyclic) bond motifs is 2. The highest BCUT2D eigenvalue weighted by Crippen LogP contribution is 2.32. The smallest absolute Gasteiger partial charge is 0.339 e. The highest BCUT2D eigenvalue weighted by molar-refractivity contribution is 5.82. The van der Waals surface area contributed by atoms with Crippen LogP contribution in [0.3, 0.4) is 0 Å². The Hall–Kier alpha value is -3.48. The minimum atomic E-state index is -0.357. The van der Waals surface area contributed by atoms with Crippen LogP contribution in [0.5, 0.6) is 0 Å². The van der Waals surface area contributed by atoms with E-state index in [1.807, 2.05) is 65.7 Å². The minimum Gasteiger partial charge on any atom is -0.423 e. The number of carbonyl (C=O) groups excluding carboxylic acids is 1. The summed E-state index contributed by atoms with van der Waals surface area (Å²) >= 11 is 0. The van der Waals surface area contributed by atoms with Gasteiger partial charge in [-0.3, -0.25) is 9.20 Å². The summed E-state index contributed by atoms with van der Waals surface area (Å²) in [5.74, 6) is 0.816. The Morgan fingerprint density at radius 3 is 2.94 bits per heavy atom. The fourth-order valence-electron chi connectivity index (χ4n) is 4.59. The zero-order chi connectivity index (χ0) is 21.5. The highest BCUT2D eigenvalue weighted by Gasteiger charge is 2.33. The summed E-state index contributed by atoms with van der Waals surface area (Å²) in [6.45, 7) is 4.58. The summed E-state index contributed by atoms with van der Waals surface area (Å²) in [4.78, 5) is 27.6. The van der Waals surface area contributed by atoms with Crippen LogP contribution in [0.1, 0.15) is 47.8 Å². The molecule has 0 saturated carbocycles. The van der Waals surface area contributed by atoms with E-state index < -0.39 is 0 Å². The standard InChI is InChI=1S/C24H24N4O3/c1-15-8-9-17-16(2)18(24(30)31-20(17)14-15)10-11-22(29)27-13-5-6-19(27)23-26-25-21-7-3-4-12-28(21)23/h3-4,7-9,12,14,19H,5-6,10-11,13H2,1-2H3/t19-/m1/s1. The number of amides is 1. The van der Waals surface area contributed by atoms with Gasteiger partial charge in [-0.2, -0.15) is 0 Å². The summed E-state index contributed by atoms with van der Waals surface area (Å²) in [5, 5.41) is 9.50. The lowest BCUT2D eigenvalue weighted by Crippen LogP contribution is -2.32. The van der Waals surface area contributed by atoms with Crippen molar-refractivity contribution in [3.8, 4) is 0 Å². The summed E-state index contributed by atoms with van der Waals surface area (Å²) in [6.07, 6.45) is 4.33. The number of likely N-dealkylation sites (tertiary alicyclic amines) is 1. The van der Waals surface area contributed by atoms with E-state index in [0.29, 0.717) is 24.1 Å². The molecule has 0 aliphatic carbocycles. The molecule has 0 N–H and O–H groups in total. The van der Waals surface area contributed by atoms with Crippen LogP contribution in [0.2, 0.25) is 0 Å². The largest absolute Gasteiger partial charge is 0.423 e. The quantitative estimate of drug-likeness (QED) is 0.473. The molecule has 1 saturated heterocycles. The number of aryl methyl sites for hydroxylation is 2. The van der Waals surface area contributed by atoms with E-state index in [1.165, 1.54) is 0 Å². The molecule has 1 aromatic carbocycles. The molecule has 7 nitrogen and oxygen atoms in total. The molecule has 1 aliphatic rings. The first-order valence-electron chi connectivity index (χ1n) is 10.6. The fraction of sp³-hybridized carbons (Fsp3) is 0.333. The van der Waals surface area contributed by atoms with Gasteiger partial charge in [0.2, 0.25) is 5.91 Å². The van der Waals surface area contributed by atoms with Gasteiger partial charge in [-0.15, -0.1) is 10.2 Å². The molecule has 31 heavy (non-hydrogen) atoms. The van der Waals surface area contributed by atoms with Crippen molar-refractivity contribution >= 4 is 22.5 Å².